The number of anilines is 1. The molecule has 3 amide bonds. The number of benzene rings is 2. The Morgan fingerprint density at radius 1 is 0.971 bits per heavy atom. The minimum atomic E-state index is -0.722. The zero-order chi connectivity index (χ0) is 24.1. The Bertz CT molecular complexity index is 1090. The molecule has 1 saturated heterocycles. The molecule has 0 bridgehead atoms. The molecular formula is C24H25F2N3O5. The van der Waals surface area contributed by atoms with Crippen molar-refractivity contribution in [1.29, 1.82) is 0 Å². The molecule has 34 heavy (non-hydrogen) atoms. The zero-order valence-electron chi connectivity index (χ0n) is 18.4. The molecule has 4 rings (SSSR count). The number of piperidine rings is 1. The van der Waals surface area contributed by atoms with Crippen molar-refractivity contribution in [3.05, 3.63) is 53.6 Å². The van der Waals surface area contributed by atoms with E-state index in [1.807, 2.05) is 4.90 Å². The number of imide groups is 1. The molecule has 0 radical (unpaired) electrons. The van der Waals surface area contributed by atoms with Gasteiger partial charge in [-0.3, -0.25) is 14.9 Å². The Balaban J connectivity index is 1.19. The lowest BCUT2D eigenvalue weighted by Gasteiger charge is -2.31. The maximum Gasteiger partial charge on any atom is 0.325 e. The molecule has 8 nitrogen and oxygen atoms in total. The number of Topliss-reactive ketones (excluding diaryl/α,β-unsaturated/α-hetero) is 1. The van der Waals surface area contributed by atoms with Crippen molar-refractivity contribution < 1.29 is 32.6 Å². The fraction of sp³-hybridized carbons (Fsp3) is 0.375. The van der Waals surface area contributed by atoms with Crippen LogP contribution in [0.2, 0.25) is 0 Å². The largest absolute Gasteiger partial charge is 0.486 e. The first-order chi connectivity index (χ1) is 16.4. The van der Waals surface area contributed by atoms with E-state index in [0.717, 1.165) is 18.2 Å². The highest BCUT2D eigenvalue weighted by atomic mass is 19.1. The number of hydrogen-bond donors (Lipinski definition) is 2. The summed E-state index contributed by atoms with van der Waals surface area (Å²) in [5.74, 6) is -1.47. The van der Waals surface area contributed by atoms with Gasteiger partial charge in [-0.25, -0.2) is 13.6 Å². The number of halogens is 2. The van der Waals surface area contributed by atoms with Gasteiger partial charge in [-0.05, 0) is 56.3 Å². The summed E-state index contributed by atoms with van der Waals surface area (Å²) in [7, 11) is 0. The third-order valence-corrected chi connectivity index (χ3v) is 5.86. The van der Waals surface area contributed by atoms with Crippen LogP contribution in [0.15, 0.2) is 36.4 Å². The SMILES string of the molecule is O=C(CCN1CCC(C(=O)c2cc(F)ccc2F)CC1)NC(=O)Nc1ccc2c(c1)OCCO2. The number of ether oxygens (including phenoxy) is 2. The van der Waals surface area contributed by atoms with Crippen LogP contribution >= 0.6 is 0 Å². The molecule has 0 unspecified atom stereocenters. The standard InChI is InChI=1S/C24H25F2N3O5/c25-16-1-3-19(26)18(13-16)23(31)15-5-8-29(9-6-15)10-7-22(30)28-24(32)27-17-2-4-20-21(14-17)34-12-11-33-20/h1-4,13-15H,5-12H2,(H2,27,28,30,32). The molecule has 0 spiro atoms. The summed E-state index contributed by atoms with van der Waals surface area (Å²) in [5.41, 5.74) is 0.248. The number of nitrogens with zero attached hydrogens (tertiary/aromatic N) is 1. The monoisotopic (exact) mass is 473 g/mol. The predicted molar refractivity (Wildman–Crippen MR) is 119 cm³/mol. The molecule has 2 aromatic carbocycles. The maximum atomic E-state index is 13.9. The van der Waals surface area contributed by atoms with Crippen LogP contribution < -0.4 is 20.1 Å². The van der Waals surface area contributed by atoms with E-state index in [-0.39, 0.29) is 12.0 Å². The number of urea groups is 1. The van der Waals surface area contributed by atoms with Crippen LogP contribution in [-0.4, -0.2) is 55.5 Å². The van der Waals surface area contributed by atoms with E-state index in [0.29, 0.717) is 62.9 Å². The van der Waals surface area contributed by atoms with Crippen LogP contribution in [0.25, 0.3) is 0 Å². The van der Waals surface area contributed by atoms with Gasteiger partial charge in [0.05, 0.1) is 5.56 Å². The third-order valence-electron chi connectivity index (χ3n) is 5.86. The number of ketones is 1. The lowest BCUT2D eigenvalue weighted by Crippen LogP contribution is -2.40. The van der Waals surface area contributed by atoms with Gasteiger partial charge in [0.2, 0.25) is 5.91 Å². The first kappa shape index (κ1) is 23.6. The van der Waals surface area contributed by atoms with Crippen molar-refractivity contribution in [3.63, 3.8) is 0 Å². The van der Waals surface area contributed by atoms with Crippen LogP contribution in [0.4, 0.5) is 19.3 Å². The van der Waals surface area contributed by atoms with E-state index >= 15 is 0 Å². The van der Waals surface area contributed by atoms with E-state index in [1.54, 1.807) is 18.2 Å². The van der Waals surface area contributed by atoms with Crippen molar-refractivity contribution in [2.45, 2.75) is 19.3 Å². The second-order valence-corrected chi connectivity index (χ2v) is 8.22. The van der Waals surface area contributed by atoms with E-state index < -0.39 is 35.3 Å². The van der Waals surface area contributed by atoms with Crippen LogP contribution in [0.3, 0.4) is 0 Å². The van der Waals surface area contributed by atoms with E-state index in [1.165, 1.54) is 0 Å². The molecule has 0 atom stereocenters. The fourth-order valence-electron chi connectivity index (χ4n) is 4.06. The molecule has 2 aliphatic rings. The third kappa shape index (κ3) is 5.88. The molecule has 2 aromatic rings. The summed E-state index contributed by atoms with van der Waals surface area (Å²) < 4.78 is 38.2. The minimum Gasteiger partial charge on any atom is -0.486 e. The highest BCUT2D eigenvalue weighted by Gasteiger charge is 2.28. The van der Waals surface area contributed by atoms with Crippen molar-refractivity contribution >= 4 is 23.4 Å². The average molecular weight is 473 g/mol. The molecule has 0 aromatic heterocycles. The van der Waals surface area contributed by atoms with Gasteiger partial charge in [0.15, 0.2) is 17.3 Å². The first-order valence-electron chi connectivity index (χ1n) is 11.1. The topological polar surface area (TPSA) is 97.0 Å². The van der Waals surface area contributed by atoms with Gasteiger partial charge in [0.25, 0.3) is 0 Å². The smallest absolute Gasteiger partial charge is 0.325 e. The molecular weight excluding hydrogens is 448 g/mol. The summed E-state index contributed by atoms with van der Waals surface area (Å²) in [6.07, 6.45) is 1.08. The maximum absolute atomic E-state index is 13.9. The normalized spacial score (nSPS) is 16.1. The summed E-state index contributed by atoms with van der Waals surface area (Å²) in [6.45, 7) is 2.40. The van der Waals surface area contributed by atoms with Crippen LogP contribution in [0.5, 0.6) is 11.5 Å². The van der Waals surface area contributed by atoms with Gasteiger partial charge in [-0.15, -0.1) is 0 Å². The van der Waals surface area contributed by atoms with Crippen LogP contribution in [0.1, 0.15) is 29.6 Å². The Morgan fingerprint density at radius 3 is 2.47 bits per heavy atom. The summed E-state index contributed by atoms with van der Waals surface area (Å²) in [5, 5.41) is 4.88. The number of rotatable bonds is 6. The van der Waals surface area contributed by atoms with E-state index in [9.17, 15) is 23.2 Å². The zero-order valence-corrected chi connectivity index (χ0v) is 18.4. The average Bonchev–Trinajstić information content (AvgIpc) is 2.84. The molecule has 180 valence electrons. The van der Waals surface area contributed by atoms with Crippen molar-refractivity contribution in [3.8, 4) is 11.5 Å². The summed E-state index contributed by atoms with van der Waals surface area (Å²) >= 11 is 0. The number of amides is 3. The van der Waals surface area contributed by atoms with Gasteiger partial charge in [-0.2, -0.15) is 0 Å². The molecule has 2 heterocycles. The Kier molecular flexibility index (Phi) is 7.36. The Labute approximate surface area is 195 Å². The minimum absolute atomic E-state index is 0.103. The quantitative estimate of drug-likeness (QED) is 0.625. The van der Waals surface area contributed by atoms with Gasteiger partial charge >= 0.3 is 6.03 Å². The van der Waals surface area contributed by atoms with Gasteiger partial charge in [-0.1, -0.05) is 0 Å². The Morgan fingerprint density at radius 2 is 1.71 bits per heavy atom. The van der Waals surface area contributed by atoms with Crippen molar-refractivity contribution in [2.24, 2.45) is 5.92 Å². The number of carbonyl (C=O) groups excluding carboxylic acids is 3. The highest BCUT2D eigenvalue weighted by molar-refractivity contribution is 6.01. The van der Waals surface area contributed by atoms with Gasteiger partial charge in [0, 0.05) is 30.6 Å². The molecule has 2 N–H and O–H groups in total. The molecule has 0 aliphatic carbocycles. The van der Waals surface area contributed by atoms with Crippen LogP contribution in [0, 0.1) is 17.6 Å². The van der Waals surface area contributed by atoms with Gasteiger partial charge in [0.1, 0.15) is 24.8 Å². The number of fused-ring (bicyclic) bond motifs is 1. The van der Waals surface area contributed by atoms with Crippen molar-refractivity contribution in [2.75, 3.05) is 38.2 Å². The lowest BCUT2D eigenvalue weighted by molar-refractivity contribution is -0.120. The first-order valence-corrected chi connectivity index (χ1v) is 11.1. The lowest BCUT2D eigenvalue weighted by atomic mass is 9.88. The van der Waals surface area contributed by atoms with Crippen LogP contribution in [-0.2, 0) is 4.79 Å². The van der Waals surface area contributed by atoms with Gasteiger partial charge < -0.3 is 19.7 Å². The number of hydrogen-bond acceptors (Lipinski definition) is 6. The van der Waals surface area contributed by atoms with E-state index in [4.69, 9.17) is 9.47 Å². The number of nitrogens with one attached hydrogen (secondary N) is 2. The number of likely N-dealkylation sites (tertiary alicyclic amines) is 1. The second kappa shape index (κ2) is 10.6. The second-order valence-electron chi connectivity index (χ2n) is 8.22. The van der Waals surface area contributed by atoms with E-state index in [2.05, 4.69) is 10.6 Å². The highest BCUT2D eigenvalue weighted by Crippen LogP contribution is 2.32. The fourth-order valence-corrected chi connectivity index (χ4v) is 4.06. The predicted octanol–water partition coefficient (Wildman–Crippen LogP) is 3.37. The summed E-state index contributed by atoms with van der Waals surface area (Å²) in [4.78, 5) is 38.8. The Hall–Kier alpha value is -3.53. The molecule has 0 saturated carbocycles. The summed E-state index contributed by atoms with van der Waals surface area (Å²) in [6, 6.07) is 7.19. The molecule has 2 aliphatic heterocycles. The van der Waals surface area contributed by atoms with Crippen molar-refractivity contribution in [1.82, 2.24) is 10.2 Å². The number of carbonyl (C=O) groups is 3. The molecule has 1 fully saturated rings. The molecule has 10 heteroatoms.